The number of carbonyl (C=O) groups is 1. The van der Waals surface area contributed by atoms with E-state index in [4.69, 9.17) is 9.94 Å². The molecule has 0 aliphatic carbocycles. The summed E-state index contributed by atoms with van der Waals surface area (Å²) in [4.78, 5) is 28.3. The predicted molar refractivity (Wildman–Crippen MR) is 99.8 cm³/mol. The highest BCUT2D eigenvalue weighted by Crippen LogP contribution is 2.15. The maximum atomic E-state index is 10.5. The van der Waals surface area contributed by atoms with Crippen LogP contribution in [0.25, 0.3) is 22.2 Å². The van der Waals surface area contributed by atoms with Crippen molar-refractivity contribution in [3.63, 3.8) is 0 Å². The number of aromatic nitrogens is 6. The second-order valence-corrected chi connectivity index (χ2v) is 6.02. The van der Waals surface area contributed by atoms with E-state index >= 15 is 0 Å². The van der Waals surface area contributed by atoms with Gasteiger partial charge in [-0.2, -0.15) is 0 Å². The molecular formula is C18H15N7O3. The number of hydrogen-bond acceptors (Lipinski definition) is 8. The molecule has 0 amide bonds. The molecule has 10 nitrogen and oxygen atoms in total. The van der Waals surface area contributed by atoms with Crippen molar-refractivity contribution in [1.82, 2.24) is 29.9 Å². The Labute approximate surface area is 158 Å². The minimum absolute atomic E-state index is 0.403. The molecule has 0 bridgehead atoms. The third kappa shape index (κ3) is 3.61. The maximum absolute atomic E-state index is 10.5. The van der Waals surface area contributed by atoms with Gasteiger partial charge >= 0.3 is 5.97 Å². The molecule has 3 heterocycles. The SMILES string of the molecule is CC(=NOCC(=O)O)c1cnc2nnn(Cc3ccc4ncccc4c3)c2n1. The van der Waals surface area contributed by atoms with E-state index in [-0.39, 0.29) is 0 Å². The van der Waals surface area contributed by atoms with Gasteiger partial charge in [-0.05, 0) is 30.7 Å². The third-order valence-corrected chi connectivity index (χ3v) is 3.99. The Morgan fingerprint density at radius 3 is 3.04 bits per heavy atom. The van der Waals surface area contributed by atoms with Crippen molar-refractivity contribution in [2.45, 2.75) is 13.5 Å². The highest BCUT2D eigenvalue weighted by Gasteiger charge is 2.11. The zero-order valence-electron chi connectivity index (χ0n) is 14.8. The van der Waals surface area contributed by atoms with Crippen molar-refractivity contribution in [1.29, 1.82) is 0 Å². The molecule has 4 rings (SSSR count). The first-order valence-corrected chi connectivity index (χ1v) is 8.39. The molecule has 0 radical (unpaired) electrons. The fourth-order valence-corrected chi connectivity index (χ4v) is 2.66. The largest absolute Gasteiger partial charge is 0.479 e. The van der Waals surface area contributed by atoms with Gasteiger partial charge in [-0.3, -0.25) is 4.98 Å². The Morgan fingerprint density at radius 1 is 1.29 bits per heavy atom. The van der Waals surface area contributed by atoms with Gasteiger partial charge in [0.25, 0.3) is 0 Å². The Hall–Kier alpha value is -3.95. The average molecular weight is 377 g/mol. The lowest BCUT2D eigenvalue weighted by molar-refractivity contribution is -0.142. The molecule has 0 aliphatic rings. The smallest absolute Gasteiger partial charge is 0.344 e. The molecule has 0 unspecified atom stereocenters. The Balaban J connectivity index is 1.62. The lowest BCUT2D eigenvalue weighted by Gasteiger charge is -2.05. The third-order valence-electron chi connectivity index (χ3n) is 3.99. The summed E-state index contributed by atoms with van der Waals surface area (Å²) in [5.74, 6) is -1.11. The molecule has 0 spiro atoms. The highest BCUT2D eigenvalue weighted by molar-refractivity contribution is 5.97. The van der Waals surface area contributed by atoms with Crippen LogP contribution in [-0.2, 0) is 16.2 Å². The summed E-state index contributed by atoms with van der Waals surface area (Å²) in [6, 6.07) is 9.87. The zero-order chi connectivity index (χ0) is 19.5. The summed E-state index contributed by atoms with van der Waals surface area (Å²) in [5, 5.41) is 21.6. The Bertz CT molecular complexity index is 1200. The second kappa shape index (κ2) is 7.35. The fraction of sp³-hybridized carbons (Fsp3) is 0.167. The quantitative estimate of drug-likeness (QED) is 0.397. The molecule has 3 aromatic heterocycles. The molecule has 4 aromatic rings. The number of pyridine rings is 1. The van der Waals surface area contributed by atoms with Crippen LogP contribution in [0.5, 0.6) is 0 Å². The Kier molecular flexibility index (Phi) is 4.58. The van der Waals surface area contributed by atoms with E-state index in [0.29, 0.717) is 29.2 Å². The standard InChI is InChI=1S/C18H15N7O3/c1-11(23-28-10-16(26)27)15-8-20-17-18(21-15)25(24-22-17)9-12-4-5-14-13(7-12)3-2-6-19-14/h2-8H,9-10H2,1H3,(H,26,27). The van der Waals surface area contributed by atoms with Crippen LogP contribution in [0.4, 0.5) is 0 Å². The van der Waals surface area contributed by atoms with Gasteiger partial charge in [0.2, 0.25) is 12.3 Å². The molecule has 0 saturated heterocycles. The second-order valence-electron chi connectivity index (χ2n) is 6.02. The van der Waals surface area contributed by atoms with Crippen LogP contribution in [0, 0.1) is 0 Å². The molecular weight excluding hydrogens is 362 g/mol. The number of aliphatic carboxylic acids is 1. The monoisotopic (exact) mass is 377 g/mol. The van der Waals surface area contributed by atoms with Gasteiger partial charge in [0.05, 0.1) is 18.3 Å². The van der Waals surface area contributed by atoms with Crippen LogP contribution in [0.3, 0.4) is 0 Å². The van der Waals surface area contributed by atoms with E-state index in [0.717, 1.165) is 16.5 Å². The van der Waals surface area contributed by atoms with Crippen LogP contribution in [0.1, 0.15) is 18.2 Å². The molecule has 1 aromatic carbocycles. The van der Waals surface area contributed by atoms with E-state index in [1.165, 1.54) is 6.20 Å². The van der Waals surface area contributed by atoms with Crippen LogP contribution in [0.2, 0.25) is 0 Å². The molecule has 0 aliphatic heterocycles. The molecule has 0 atom stereocenters. The molecule has 10 heteroatoms. The number of carboxylic acid groups (broad SMARTS) is 1. The number of fused-ring (bicyclic) bond motifs is 2. The summed E-state index contributed by atoms with van der Waals surface area (Å²) in [5.41, 5.74) is 3.70. The molecule has 140 valence electrons. The molecule has 28 heavy (non-hydrogen) atoms. The van der Waals surface area contributed by atoms with Gasteiger partial charge in [-0.15, -0.1) is 5.10 Å². The van der Waals surface area contributed by atoms with Gasteiger partial charge in [0.15, 0.2) is 5.65 Å². The van der Waals surface area contributed by atoms with E-state index in [9.17, 15) is 4.79 Å². The molecule has 1 N–H and O–H groups in total. The first-order chi connectivity index (χ1) is 13.6. The number of carboxylic acids is 1. The average Bonchev–Trinajstić information content (AvgIpc) is 3.09. The fourth-order valence-electron chi connectivity index (χ4n) is 2.66. The van der Waals surface area contributed by atoms with Crippen molar-refractivity contribution in [3.8, 4) is 0 Å². The van der Waals surface area contributed by atoms with Gasteiger partial charge < -0.3 is 9.94 Å². The van der Waals surface area contributed by atoms with Crippen molar-refractivity contribution < 1.29 is 14.7 Å². The number of hydrogen-bond donors (Lipinski definition) is 1. The van der Waals surface area contributed by atoms with Crippen LogP contribution >= 0.6 is 0 Å². The Morgan fingerprint density at radius 2 is 2.18 bits per heavy atom. The van der Waals surface area contributed by atoms with Crippen LogP contribution in [0.15, 0.2) is 47.9 Å². The topological polar surface area (TPSA) is 128 Å². The van der Waals surface area contributed by atoms with Crippen LogP contribution in [-0.4, -0.2) is 53.3 Å². The van der Waals surface area contributed by atoms with E-state index in [1.54, 1.807) is 17.8 Å². The van der Waals surface area contributed by atoms with Gasteiger partial charge in [0, 0.05) is 11.6 Å². The number of oxime groups is 1. The van der Waals surface area contributed by atoms with Crippen molar-refractivity contribution in [3.05, 3.63) is 54.0 Å². The summed E-state index contributed by atoms with van der Waals surface area (Å²) in [6.07, 6.45) is 3.25. The summed E-state index contributed by atoms with van der Waals surface area (Å²) in [6.45, 7) is 1.59. The number of rotatable bonds is 6. The lowest BCUT2D eigenvalue weighted by Crippen LogP contribution is -2.08. The lowest BCUT2D eigenvalue weighted by atomic mass is 10.1. The number of nitrogens with zero attached hydrogens (tertiary/aromatic N) is 7. The first kappa shape index (κ1) is 17.5. The van der Waals surface area contributed by atoms with Crippen molar-refractivity contribution in [2.24, 2.45) is 5.16 Å². The summed E-state index contributed by atoms with van der Waals surface area (Å²) in [7, 11) is 0. The zero-order valence-corrected chi connectivity index (χ0v) is 14.8. The van der Waals surface area contributed by atoms with E-state index < -0.39 is 12.6 Å². The van der Waals surface area contributed by atoms with Gasteiger partial charge in [-0.1, -0.05) is 22.5 Å². The summed E-state index contributed by atoms with van der Waals surface area (Å²) >= 11 is 0. The normalized spacial score (nSPS) is 11.8. The molecule has 0 saturated carbocycles. The van der Waals surface area contributed by atoms with E-state index in [1.807, 2.05) is 30.3 Å². The maximum Gasteiger partial charge on any atom is 0.344 e. The predicted octanol–water partition coefficient (Wildman–Crippen LogP) is 1.64. The van der Waals surface area contributed by atoms with Crippen LogP contribution < -0.4 is 0 Å². The minimum atomic E-state index is -1.11. The number of benzene rings is 1. The highest BCUT2D eigenvalue weighted by atomic mass is 16.6. The first-order valence-electron chi connectivity index (χ1n) is 8.39. The van der Waals surface area contributed by atoms with Gasteiger partial charge in [-0.25, -0.2) is 19.4 Å². The minimum Gasteiger partial charge on any atom is -0.479 e. The van der Waals surface area contributed by atoms with Crippen molar-refractivity contribution >= 4 is 33.9 Å². The molecule has 0 fully saturated rings. The van der Waals surface area contributed by atoms with Crippen molar-refractivity contribution in [2.75, 3.05) is 6.61 Å². The van der Waals surface area contributed by atoms with E-state index in [2.05, 4.69) is 30.4 Å². The van der Waals surface area contributed by atoms with Gasteiger partial charge in [0.1, 0.15) is 11.4 Å². The summed E-state index contributed by atoms with van der Waals surface area (Å²) < 4.78 is 1.65.